The topological polar surface area (TPSA) is 59.1 Å². The SMILES string of the molecule is CN1CCC[C@H]1C(=O)O[C@@H](c1ccc(F)cc1)[C@@H](OC(=O)[C@@H]1CCCN1C)c1ccc(F)cc1. The minimum Gasteiger partial charge on any atom is -0.452 e. The molecule has 0 saturated carbocycles. The number of rotatable bonds is 7. The molecule has 0 unspecified atom stereocenters. The van der Waals surface area contributed by atoms with Crippen LogP contribution in [-0.2, 0) is 19.1 Å². The minimum absolute atomic E-state index is 0.409. The molecule has 0 spiro atoms. The van der Waals surface area contributed by atoms with Crippen molar-refractivity contribution in [3.8, 4) is 0 Å². The van der Waals surface area contributed by atoms with E-state index in [9.17, 15) is 18.4 Å². The minimum atomic E-state index is -1.02. The van der Waals surface area contributed by atoms with Gasteiger partial charge < -0.3 is 9.47 Å². The first kappa shape index (κ1) is 24.3. The molecule has 0 aromatic heterocycles. The van der Waals surface area contributed by atoms with E-state index in [2.05, 4.69) is 0 Å². The number of likely N-dealkylation sites (N-methyl/N-ethyl adjacent to an activating group) is 2. The third kappa shape index (κ3) is 5.45. The van der Waals surface area contributed by atoms with Crippen LogP contribution in [-0.4, -0.2) is 61.0 Å². The van der Waals surface area contributed by atoms with Crippen molar-refractivity contribution >= 4 is 11.9 Å². The second kappa shape index (κ2) is 10.6. The largest absolute Gasteiger partial charge is 0.452 e. The molecule has 8 heteroatoms. The zero-order chi connectivity index (χ0) is 24.2. The number of carbonyl (C=O) groups is 2. The molecular weight excluding hydrogens is 442 g/mol. The molecule has 182 valence electrons. The molecule has 34 heavy (non-hydrogen) atoms. The van der Waals surface area contributed by atoms with Crippen LogP contribution in [0, 0.1) is 11.6 Å². The van der Waals surface area contributed by atoms with Gasteiger partial charge in [0.15, 0.2) is 12.2 Å². The van der Waals surface area contributed by atoms with Crippen LogP contribution in [0.1, 0.15) is 49.0 Å². The number of esters is 2. The summed E-state index contributed by atoms with van der Waals surface area (Å²) in [6.45, 7) is 1.57. The highest BCUT2D eigenvalue weighted by atomic mass is 19.1. The lowest BCUT2D eigenvalue weighted by molar-refractivity contribution is -0.175. The summed E-state index contributed by atoms with van der Waals surface area (Å²) in [6, 6.07) is 10.3. The fraction of sp³-hybridized carbons (Fsp3) is 0.462. The Morgan fingerprint density at radius 1 is 0.735 bits per heavy atom. The van der Waals surface area contributed by atoms with Gasteiger partial charge >= 0.3 is 11.9 Å². The Labute approximate surface area is 198 Å². The molecule has 6 nitrogen and oxygen atoms in total. The molecule has 2 aromatic carbocycles. The van der Waals surface area contributed by atoms with E-state index < -0.39 is 47.9 Å². The van der Waals surface area contributed by atoms with Crippen LogP contribution in [0.2, 0.25) is 0 Å². The fourth-order valence-electron chi connectivity index (χ4n) is 4.74. The first-order valence-electron chi connectivity index (χ1n) is 11.7. The quantitative estimate of drug-likeness (QED) is 0.568. The number of benzene rings is 2. The van der Waals surface area contributed by atoms with Crippen LogP contribution in [0.15, 0.2) is 48.5 Å². The molecule has 0 amide bonds. The van der Waals surface area contributed by atoms with E-state index >= 15 is 0 Å². The van der Waals surface area contributed by atoms with E-state index in [0.717, 1.165) is 25.9 Å². The van der Waals surface area contributed by atoms with Crippen molar-refractivity contribution in [2.45, 2.75) is 50.0 Å². The lowest BCUT2D eigenvalue weighted by Crippen LogP contribution is -2.38. The van der Waals surface area contributed by atoms with E-state index in [1.54, 1.807) is 0 Å². The molecule has 0 bridgehead atoms. The first-order valence-corrected chi connectivity index (χ1v) is 11.7. The molecule has 2 aromatic rings. The standard InChI is InChI=1S/C26H30F2N2O4/c1-29-15-3-5-21(29)25(31)33-23(17-7-11-19(27)12-8-17)24(18-9-13-20(28)14-10-18)34-26(32)22-6-4-16-30(22)2/h7-14,21-24H,3-6,15-16H2,1-2H3/t21-,22-,23-,24-/m0/s1. The number of hydrogen-bond acceptors (Lipinski definition) is 6. The number of hydrogen-bond donors (Lipinski definition) is 0. The van der Waals surface area contributed by atoms with E-state index in [1.165, 1.54) is 48.5 Å². The van der Waals surface area contributed by atoms with Gasteiger partial charge in [0.25, 0.3) is 0 Å². The first-order chi connectivity index (χ1) is 16.3. The van der Waals surface area contributed by atoms with Crippen LogP contribution < -0.4 is 0 Å². The Morgan fingerprint density at radius 3 is 1.38 bits per heavy atom. The molecule has 2 saturated heterocycles. The van der Waals surface area contributed by atoms with Gasteiger partial charge in [0.2, 0.25) is 0 Å². The normalized spacial score (nSPS) is 22.9. The maximum absolute atomic E-state index is 13.7. The van der Waals surface area contributed by atoms with Gasteiger partial charge in [0.05, 0.1) is 0 Å². The van der Waals surface area contributed by atoms with Crippen molar-refractivity contribution in [1.29, 1.82) is 0 Å². The highest BCUT2D eigenvalue weighted by molar-refractivity contribution is 5.77. The lowest BCUT2D eigenvalue weighted by atomic mass is 9.97. The zero-order valence-corrected chi connectivity index (χ0v) is 19.5. The Bertz CT molecular complexity index is 917. The molecule has 0 N–H and O–H groups in total. The monoisotopic (exact) mass is 472 g/mol. The van der Waals surface area contributed by atoms with Crippen molar-refractivity contribution in [3.05, 3.63) is 71.3 Å². The molecular formula is C26H30F2N2O4. The van der Waals surface area contributed by atoms with Crippen LogP contribution in [0.5, 0.6) is 0 Å². The van der Waals surface area contributed by atoms with E-state index in [-0.39, 0.29) is 0 Å². The second-order valence-electron chi connectivity index (χ2n) is 9.10. The highest BCUT2D eigenvalue weighted by Gasteiger charge is 2.38. The smallest absolute Gasteiger partial charge is 0.324 e. The highest BCUT2D eigenvalue weighted by Crippen LogP contribution is 2.37. The van der Waals surface area contributed by atoms with Crippen LogP contribution in [0.4, 0.5) is 8.78 Å². The van der Waals surface area contributed by atoms with Gasteiger partial charge in [-0.3, -0.25) is 19.4 Å². The van der Waals surface area contributed by atoms with Crippen LogP contribution in [0.3, 0.4) is 0 Å². The fourth-order valence-corrected chi connectivity index (χ4v) is 4.74. The molecule has 4 atom stereocenters. The summed E-state index contributed by atoms with van der Waals surface area (Å²) in [7, 11) is 3.72. The zero-order valence-electron chi connectivity index (χ0n) is 19.5. The van der Waals surface area contributed by atoms with Gasteiger partial charge in [-0.05, 0) is 88.3 Å². The van der Waals surface area contributed by atoms with Crippen molar-refractivity contribution in [1.82, 2.24) is 9.80 Å². The number of likely N-dealkylation sites (tertiary alicyclic amines) is 2. The van der Waals surface area contributed by atoms with Crippen LogP contribution in [0.25, 0.3) is 0 Å². The van der Waals surface area contributed by atoms with Crippen LogP contribution >= 0.6 is 0 Å². The van der Waals surface area contributed by atoms with Crippen molar-refractivity contribution in [2.75, 3.05) is 27.2 Å². The summed E-state index contributed by atoms with van der Waals surface area (Å²) >= 11 is 0. The van der Waals surface area contributed by atoms with Crippen molar-refractivity contribution < 1.29 is 27.8 Å². The van der Waals surface area contributed by atoms with Crippen molar-refractivity contribution in [2.24, 2.45) is 0 Å². The third-order valence-electron chi connectivity index (χ3n) is 6.74. The number of ether oxygens (including phenoxy) is 2. The molecule has 2 aliphatic rings. The predicted octanol–water partition coefficient (Wildman–Crippen LogP) is 4.02. The Hall–Kier alpha value is -2.84. The molecule has 0 radical (unpaired) electrons. The third-order valence-corrected chi connectivity index (χ3v) is 6.74. The second-order valence-corrected chi connectivity index (χ2v) is 9.10. The Kier molecular flexibility index (Phi) is 7.58. The lowest BCUT2D eigenvalue weighted by Gasteiger charge is -2.31. The van der Waals surface area contributed by atoms with Gasteiger partial charge in [0, 0.05) is 0 Å². The summed E-state index contributed by atoms with van der Waals surface area (Å²) < 4.78 is 39.3. The summed E-state index contributed by atoms with van der Waals surface area (Å²) in [6.07, 6.45) is 1.04. The van der Waals surface area contributed by atoms with E-state index in [0.29, 0.717) is 24.0 Å². The van der Waals surface area contributed by atoms with Gasteiger partial charge in [-0.2, -0.15) is 0 Å². The maximum atomic E-state index is 13.7. The predicted molar refractivity (Wildman–Crippen MR) is 122 cm³/mol. The average molecular weight is 473 g/mol. The molecule has 0 aliphatic carbocycles. The maximum Gasteiger partial charge on any atom is 0.324 e. The van der Waals surface area contributed by atoms with Gasteiger partial charge in [-0.25, -0.2) is 8.78 Å². The molecule has 2 fully saturated rings. The molecule has 4 rings (SSSR count). The molecule has 2 heterocycles. The van der Waals surface area contributed by atoms with Gasteiger partial charge in [-0.1, -0.05) is 24.3 Å². The number of nitrogens with zero attached hydrogens (tertiary/aromatic N) is 2. The summed E-state index contributed by atoms with van der Waals surface area (Å²) in [5.41, 5.74) is 0.967. The van der Waals surface area contributed by atoms with Crippen molar-refractivity contribution in [3.63, 3.8) is 0 Å². The van der Waals surface area contributed by atoms with E-state index in [1.807, 2.05) is 23.9 Å². The summed E-state index contributed by atoms with van der Waals surface area (Å²) in [5.74, 6) is -1.74. The Balaban J connectivity index is 1.69. The summed E-state index contributed by atoms with van der Waals surface area (Å²) in [4.78, 5) is 30.1. The summed E-state index contributed by atoms with van der Waals surface area (Å²) in [5, 5.41) is 0. The number of carbonyl (C=O) groups excluding carboxylic acids is 2. The van der Waals surface area contributed by atoms with E-state index in [4.69, 9.17) is 9.47 Å². The van der Waals surface area contributed by atoms with Gasteiger partial charge in [0.1, 0.15) is 23.7 Å². The Morgan fingerprint density at radius 2 is 1.09 bits per heavy atom. The number of halogens is 2. The average Bonchev–Trinajstić information content (AvgIpc) is 3.45. The van der Waals surface area contributed by atoms with Gasteiger partial charge in [-0.15, -0.1) is 0 Å². The molecule has 2 aliphatic heterocycles.